The van der Waals surface area contributed by atoms with E-state index in [1.807, 2.05) is 0 Å². The molecule has 3 heterocycles. The second-order valence-corrected chi connectivity index (χ2v) is 6.51. The number of rotatable bonds is 5. The van der Waals surface area contributed by atoms with Crippen LogP contribution in [0.4, 0.5) is 5.82 Å². The molecule has 0 atom stereocenters. The summed E-state index contributed by atoms with van der Waals surface area (Å²) in [6.45, 7) is 0.388. The second-order valence-electron chi connectivity index (χ2n) is 5.70. The van der Waals surface area contributed by atoms with Crippen molar-refractivity contribution in [3.63, 3.8) is 0 Å². The summed E-state index contributed by atoms with van der Waals surface area (Å²) in [5.41, 5.74) is 1.60. The number of hydrogen-bond donors (Lipinski definition) is 2. The molecule has 0 aliphatic carbocycles. The Labute approximate surface area is 163 Å². The van der Waals surface area contributed by atoms with Gasteiger partial charge in [0.2, 0.25) is 0 Å². The van der Waals surface area contributed by atoms with E-state index in [-0.39, 0.29) is 11.6 Å². The van der Waals surface area contributed by atoms with Crippen molar-refractivity contribution in [2.45, 2.75) is 6.54 Å². The van der Waals surface area contributed by atoms with Gasteiger partial charge in [-0.2, -0.15) is 10.2 Å². The Morgan fingerprint density at radius 3 is 2.74 bits per heavy atom. The predicted octanol–water partition coefficient (Wildman–Crippen LogP) is 4.47. The molecule has 0 radical (unpaired) electrons. The average Bonchev–Trinajstić information content (AvgIpc) is 3.38. The Morgan fingerprint density at radius 2 is 2.00 bits per heavy atom. The molecule has 2 N–H and O–H groups in total. The highest BCUT2D eigenvalue weighted by Gasteiger charge is 2.14. The molecular weight excluding hydrogens is 389 g/mol. The number of nitrogens with zero attached hydrogens (tertiary/aromatic N) is 3. The van der Waals surface area contributed by atoms with Crippen molar-refractivity contribution in [3.8, 4) is 11.5 Å². The van der Waals surface area contributed by atoms with E-state index in [9.17, 15) is 4.79 Å². The summed E-state index contributed by atoms with van der Waals surface area (Å²) in [4.78, 5) is 12.4. The second kappa shape index (κ2) is 7.30. The zero-order valence-corrected chi connectivity index (χ0v) is 15.3. The monoisotopic (exact) mass is 401 g/mol. The summed E-state index contributed by atoms with van der Waals surface area (Å²) in [5.74, 6) is 0.609. The topological polar surface area (TPSA) is 88.7 Å². The first-order valence-electron chi connectivity index (χ1n) is 7.97. The Bertz CT molecular complexity index is 1060. The Hall–Kier alpha value is -3.03. The summed E-state index contributed by atoms with van der Waals surface area (Å²) in [7, 11) is 0. The van der Waals surface area contributed by atoms with Gasteiger partial charge in [0.15, 0.2) is 17.3 Å². The van der Waals surface area contributed by atoms with Crippen molar-refractivity contribution in [2.24, 2.45) is 0 Å². The zero-order chi connectivity index (χ0) is 18.8. The normalized spacial score (nSPS) is 10.9. The molecule has 0 bridgehead atoms. The molecular formula is C18H13Cl2N5O2. The number of anilines is 1. The van der Waals surface area contributed by atoms with Crippen molar-refractivity contribution in [2.75, 3.05) is 5.32 Å². The maximum absolute atomic E-state index is 12.4. The van der Waals surface area contributed by atoms with Gasteiger partial charge in [-0.3, -0.25) is 14.6 Å². The Kier molecular flexibility index (Phi) is 4.70. The highest BCUT2D eigenvalue weighted by molar-refractivity contribution is 6.35. The first-order chi connectivity index (χ1) is 13.1. The van der Waals surface area contributed by atoms with Crippen LogP contribution in [0.15, 0.2) is 59.3 Å². The van der Waals surface area contributed by atoms with Gasteiger partial charge in [0.1, 0.15) is 5.69 Å². The molecule has 7 nitrogen and oxygen atoms in total. The summed E-state index contributed by atoms with van der Waals surface area (Å²) in [6, 6.07) is 12.1. The molecule has 0 saturated carbocycles. The summed E-state index contributed by atoms with van der Waals surface area (Å²) in [5, 5.41) is 14.9. The van der Waals surface area contributed by atoms with E-state index in [1.165, 1.54) is 0 Å². The summed E-state index contributed by atoms with van der Waals surface area (Å²) < 4.78 is 6.91. The molecule has 27 heavy (non-hydrogen) atoms. The molecule has 0 unspecified atom stereocenters. The summed E-state index contributed by atoms with van der Waals surface area (Å²) in [6.07, 6.45) is 3.28. The lowest BCUT2D eigenvalue weighted by Crippen LogP contribution is -2.13. The molecule has 4 aromatic rings. The molecule has 136 valence electrons. The lowest BCUT2D eigenvalue weighted by molar-refractivity contribution is 0.102. The van der Waals surface area contributed by atoms with E-state index in [4.69, 9.17) is 27.6 Å². The number of benzene rings is 1. The number of hydrogen-bond acceptors (Lipinski definition) is 4. The highest BCUT2D eigenvalue weighted by Crippen LogP contribution is 2.25. The molecule has 0 spiro atoms. The number of carbonyl (C=O) groups is 1. The van der Waals surface area contributed by atoms with Gasteiger partial charge in [0, 0.05) is 33.9 Å². The number of aromatic nitrogens is 4. The van der Waals surface area contributed by atoms with Crippen molar-refractivity contribution in [3.05, 3.63) is 76.2 Å². The van der Waals surface area contributed by atoms with Crippen molar-refractivity contribution in [1.82, 2.24) is 20.0 Å². The van der Waals surface area contributed by atoms with Crippen LogP contribution in [0.3, 0.4) is 0 Å². The third kappa shape index (κ3) is 3.74. The van der Waals surface area contributed by atoms with E-state index in [1.54, 1.807) is 59.6 Å². The van der Waals surface area contributed by atoms with Gasteiger partial charge in [0.25, 0.3) is 5.91 Å². The van der Waals surface area contributed by atoms with Gasteiger partial charge in [-0.05, 0) is 24.3 Å². The number of H-pyrrole nitrogens is 1. The molecule has 0 fully saturated rings. The van der Waals surface area contributed by atoms with Crippen LogP contribution in [0.2, 0.25) is 10.0 Å². The van der Waals surface area contributed by atoms with E-state index < -0.39 is 0 Å². The van der Waals surface area contributed by atoms with Gasteiger partial charge in [-0.1, -0.05) is 29.3 Å². The number of amides is 1. The smallest absolute Gasteiger partial charge is 0.277 e. The SMILES string of the molecule is O=C(Nc1ccn(Cc2c(Cl)cccc2Cl)n1)c1cc(-c2ccco2)[nH]n1. The maximum atomic E-state index is 12.4. The van der Waals surface area contributed by atoms with Gasteiger partial charge < -0.3 is 9.73 Å². The number of furan rings is 1. The van der Waals surface area contributed by atoms with Gasteiger partial charge >= 0.3 is 0 Å². The van der Waals surface area contributed by atoms with Crippen LogP contribution in [-0.4, -0.2) is 25.9 Å². The van der Waals surface area contributed by atoms with Crippen LogP contribution in [0, 0.1) is 0 Å². The quantitative estimate of drug-likeness (QED) is 0.516. The van der Waals surface area contributed by atoms with E-state index >= 15 is 0 Å². The number of nitrogens with one attached hydrogen (secondary N) is 2. The molecule has 0 saturated heterocycles. The number of halogens is 2. The van der Waals surface area contributed by atoms with E-state index in [0.717, 1.165) is 5.56 Å². The average molecular weight is 402 g/mol. The predicted molar refractivity (Wildman–Crippen MR) is 102 cm³/mol. The number of aromatic amines is 1. The maximum Gasteiger partial charge on any atom is 0.277 e. The zero-order valence-electron chi connectivity index (χ0n) is 13.8. The van der Waals surface area contributed by atoms with Crippen LogP contribution in [-0.2, 0) is 6.54 Å². The molecule has 4 rings (SSSR count). The molecule has 0 aliphatic heterocycles. The summed E-state index contributed by atoms with van der Waals surface area (Å²) >= 11 is 12.4. The minimum atomic E-state index is -0.384. The fraction of sp³-hybridized carbons (Fsp3) is 0.0556. The standard InChI is InChI=1S/C18H13Cl2N5O2/c19-12-3-1-4-13(20)11(12)10-25-7-6-17(24-25)21-18(26)15-9-14(22-23-15)16-5-2-8-27-16/h1-9H,10H2,(H,22,23)(H,21,24,26). The van der Waals surface area contributed by atoms with Crippen molar-refractivity contribution in [1.29, 1.82) is 0 Å². The molecule has 3 aromatic heterocycles. The van der Waals surface area contributed by atoms with Crippen molar-refractivity contribution >= 4 is 34.9 Å². The van der Waals surface area contributed by atoms with Crippen LogP contribution < -0.4 is 5.32 Å². The molecule has 1 aromatic carbocycles. The largest absolute Gasteiger partial charge is 0.463 e. The Balaban J connectivity index is 1.45. The van der Waals surface area contributed by atoms with Gasteiger partial charge in [-0.15, -0.1) is 0 Å². The first-order valence-corrected chi connectivity index (χ1v) is 8.73. The fourth-order valence-corrected chi connectivity index (χ4v) is 3.06. The minimum absolute atomic E-state index is 0.227. The van der Waals surface area contributed by atoms with Crippen LogP contribution in [0.25, 0.3) is 11.5 Å². The van der Waals surface area contributed by atoms with Crippen LogP contribution in [0.1, 0.15) is 16.1 Å². The molecule has 1 amide bonds. The third-order valence-electron chi connectivity index (χ3n) is 3.86. The van der Waals surface area contributed by atoms with E-state index in [0.29, 0.717) is 33.9 Å². The first kappa shape index (κ1) is 17.4. The fourth-order valence-electron chi connectivity index (χ4n) is 2.54. The lowest BCUT2D eigenvalue weighted by Gasteiger charge is -2.06. The molecule has 9 heteroatoms. The lowest BCUT2D eigenvalue weighted by atomic mass is 10.2. The van der Waals surface area contributed by atoms with Gasteiger partial charge in [-0.25, -0.2) is 0 Å². The Morgan fingerprint density at radius 1 is 1.19 bits per heavy atom. The van der Waals surface area contributed by atoms with E-state index in [2.05, 4.69) is 20.6 Å². The third-order valence-corrected chi connectivity index (χ3v) is 4.57. The van der Waals surface area contributed by atoms with Crippen LogP contribution >= 0.6 is 23.2 Å². The number of carbonyl (C=O) groups excluding carboxylic acids is 1. The molecule has 0 aliphatic rings. The van der Waals surface area contributed by atoms with Crippen molar-refractivity contribution < 1.29 is 9.21 Å². The minimum Gasteiger partial charge on any atom is -0.463 e. The van der Waals surface area contributed by atoms with Gasteiger partial charge in [0.05, 0.1) is 12.8 Å². The highest BCUT2D eigenvalue weighted by atomic mass is 35.5. The van der Waals surface area contributed by atoms with Crippen LogP contribution in [0.5, 0.6) is 0 Å².